The van der Waals surface area contributed by atoms with Gasteiger partial charge in [0.15, 0.2) is 0 Å². The monoisotopic (exact) mass is 262 g/mol. The number of aliphatic hydroxyl groups excluding tert-OH is 1. The zero-order valence-corrected chi connectivity index (χ0v) is 10.8. The lowest BCUT2D eigenvalue weighted by Gasteiger charge is -2.11. The lowest BCUT2D eigenvalue weighted by atomic mass is 10.1. The summed E-state index contributed by atoms with van der Waals surface area (Å²) in [6.07, 6.45) is 1.01. The molecule has 0 aliphatic carbocycles. The van der Waals surface area contributed by atoms with E-state index in [1.807, 2.05) is 0 Å². The number of halogens is 2. The second kappa shape index (κ2) is 7.13. The first kappa shape index (κ1) is 13.8. The van der Waals surface area contributed by atoms with Crippen molar-refractivity contribution < 1.29 is 9.84 Å². The maximum atomic E-state index is 9.85. The summed E-state index contributed by atoms with van der Waals surface area (Å²) in [5.41, 5.74) is 0.773. The summed E-state index contributed by atoms with van der Waals surface area (Å²) in [6.45, 7) is 3.33. The van der Waals surface area contributed by atoms with Gasteiger partial charge in [0.1, 0.15) is 0 Å². The van der Waals surface area contributed by atoms with Gasteiger partial charge in [0.2, 0.25) is 0 Å². The number of aliphatic hydroxyl groups is 1. The van der Waals surface area contributed by atoms with Crippen LogP contribution in [0.4, 0.5) is 0 Å². The molecular formula is C12H16Cl2O2. The molecule has 0 bridgehead atoms. The highest BCUT2D eigenvalue weighted by atomic mass is 35.5. The van der Waals surface area contributed by atoms with E-state index in [0.717, 1.165) is 18.6 Å². The Labute approximate surface area is 106 Å². The molecule has 0 aromatic heterocycles. The largest absolute Gasteiger partial charge is 0.388 e. The summed E-state index contributed by atoms with van der Waals surface area (Å²) in [7, 11) is 0. The fraction of sp³-hybridized carbons (Fsp3) is 0.500. The molecule has 16 heavy (non-hydrogen) atoms. The molecule has 1 rings (SSSR count). The minimum Gasteiger partial charge on any atom is -0.388 e. The number of ether oxygens (including phenoxy) is 1. The van der Waals surface area contributed by atoms with E-state index >= 15 is 0 Å². The highest BCUT2D eigenvalue weighted by molar-refractivity contribution is 6.42. The first-order valence-electron chi connectivity index (χ1n) is 5.36. The molecule has 0 fully saturated rings. The molecule has 0 aliphatic heterocycles. The van der Waals surface area contributed by atoms with E-state index in [0.29, 0.717) is 23.1 Å². The third kappa shape index (κ3) is 4.30. The Bertz CT molecular complexity index is 329. The van der Waals surface area contributed by atoms with Gasteiger partial charge in [0.05, 0.1) is 16.1 Å². The van der Waals surface area contributed by atoms with Crippen molar-refractivity contribution in [1.82, 2.24) is 0 Å². The van der Waals surface area contributed by atoms with Gasteiger partial charge < -0.3 is 9.84 Å². The van der Waals surface area contributed by atoms with Crippen molar-refractivity contribution in [2.75, 3.05) is 13.2 Å². The molecule has 0 amide bonds. The quantitative estimate of drug-likeness (QED) is 0.790. The predicted molar refractivity (Wildman–Crippen MR) is 67.1 cm³/mol. The van der Waals surface area contributed by atoms with Crippen LogP contribution in [0, 0.1) is 0 Å². The van der Waals surface area contributed by atoms with E-state index in [9.17, 15) is 5.11 Å². The van der Waals surface area contributed by atoms with Crippen LogP contribution >= 0.6 is 23.2 Å². The van der Waals surface area contributed by atoms with Crippen LogP contribution in [0.25, 0.3) is 0 Å². The molecule has 0 saturated heterocycles. The standard InChI is InChI=1S/C12H16Cl2O2/c1-2-6-16-7-5-12(15)9-3-4-10(13)11(14)8-9/h3-4,8,12,15H,2,5-7H2,1H3. The van der Waals surface area contributed by atoms with Gasteiger partial charge in [-0.15, -0.1) is 0 Å². The zero-order valence-electron chi connectivity index (χ0n) is 9.25. The van der Waals surface area contributed by atoms with Crippen LogP contribution in [0.2, 0.25) is 10.0 Å². The van der Waals surface area contributed by atoms with E-state index in [2.05, 4.69) is 6.92 Å². The second-order valence-corrected chi connectivity index (χ2v) is 4.40. The first-order chi connectivity index (χ1) is 7.65. The van der Waals surface area contributed by atoms with Crippen molar-refractivity contribution in [3.05, 3.63) is 33.8 Å². The smallest absolute Gasteiger partial charge is 0.0812 e. The molecule has 0 radical (unpaired) electrons. The number of benzene rings is 1. The van der Waals surface area contributed by atoms with E-state index in [4.69, 9.17) is 27.9 Å². The molecule has 1 N–H and O–H groups in total. The van der Waals surface area contributed by atoms with Gasteiger partial charge in [0.25, 0.3) is 0 Å². The van der Waals surface area contributed by atoms with E-state index < -0.39 is 6.10 Å². The Kier molecular flexibility index (Phi) is 6.14. The maximum Gasteiger partial charge on any atom is 0.0812 e. The van der Waals surface area contributed by atoms with Crippen molar-refractivity contribution in [2.24, 2.45) is 0 Å². The molecule has 0 saturated carbocycles. The summed E-state index contributed by atoms with van der Waals surface area (Å²) in [6, 6.07) is 5.16. The van der Waals surface area contributed by atoms with Gasteiger partial charge in [-0.25, -0.2) is 0 Å². The minimum absolute atomic E-state index is 0.465. The minimum atomic E-state index is -0.549. The Hall–Kier alpha value is -0.280. The molecule has 2 nitrogen and oxygen atoms in total. The fourth-order valence-electron chi connectivity index (χ4n) is 1.33. The normalized spacial score (nSPS) is 12.8. The third-order valence-corrected chi connectivity index (χ3v) is 2.95. The van der Waals surface area contributed by atoms with Crippen LogP contribution in [0.15, 0.2) is 18.2 Å². The summed E-state index contributed by atoms with van der Waals surface area (Å²) in [5.74, 6) is 0. The first-order valence-corrected chi connectivity index (χ1v) is 6.11. The Morgan fingerprint density at radius 3 is 2.62 bits per heavy atom. The number of hydrogen-bond donors (Lipinski definition) is 1. The lowest BCUT2D eigenvalue weighted by molar-refractivity contribution is 0.0822. The zero-order chi connectivity index (χ0) is 12.0. The van der Waals surface area contributed by atoms with Gasteiger partial charge in [0, 0.05) is 19.6 Å². The van der Waals surface area contributed by atoms with Crippen LogP contribution in [-0.4, -0.2) is 18.3 Å². The summed E-state index contributed by atoms with van der Waals surface area (Å²) in [5, 5.41) is 10.8. The average Bonchev–Trinajstić information content (AvgIpc) is 2.28. The van der Waals surface area contributed by atoms with Gasteiger partial charge in [-0.05, 0) is 24.1 Å². The summed E-state index contributed by atoms with van der Waals surface area (Å²) < 4.78 is 5.31. The molecule has 0 heterocycles. The topological polar surface area (TPSA) is 29.5 Å². The highest BCUT2D eigenvalue weighted by Gasteiger charge is 2.09. The lowest BCUT2D eigenvalue weighted by Crippen LogP contribution is -2.04. The average molecular weight is 263 g/mol. The van der Waals surface area contributed by atoms with Gasteiger partial charge in [-0.3, -0.25) is 0 Å². The summed E-state index contributed by atoms with van der Waals surface area (Å²) >= 11 is 11.7. The molecule has 1 atom stereocenters. The van der Waals surface area contributed by atoms with E-state index in [1.165, 1.54) is 0 Å². The maximum absolute atomic E-state index is 9.85. The second-order valence-electron chi connectivity index (χ2n) is 3.59. The van der Waals surface area contributed by atoms with Gasteiger partial charge >= 0.3 is 0 Å². The van der Waals surface area contributed by atoms with Crippen LogP contribution in [0.1, 0.15) is 31.4 Å². The van der Waals surface area contributed by atoms with Gasteiger partial charge in [-0.2, -0.15) is 0 Å². The molecule has 4 heteroatoms. The molecule has 0 spiro atoms. The molecule has 90 valence electrons. The fourth-order valence-corrected chi connectivity index (χ4v) is 1.63. The molecule has 1 aromatic carbocycles. The van der Waals surface area contributed by atoms with Crippen molar-refractivity contribution in [3.63, 3.8) is 0 Å². The Balaban J connectivity index is 2.46. The number of hydrogen-bond acceptors (Lipinski definition) is 2. The predicted octanol–water partition coefficient (Wildman–Crippen LogP) is 3.84. The van der Waals surface area contributed by atoms with E-state index in [1.54, 1.807) is 18.2 Å². The molecular weight excluding hydrogens is 247 g/mol. The van der Waals surface area contributed by atoms with Crippen molar-refractivity contribution in [1.29, 1.82) is 0 Å². The summed E-state index contributed by atoms with van der Waals surface area (Å²) in [4.78, 5) is 0. The van der Waals surface area contributed by atoms with Crippen molar-refractivity contribution >= 4 is 23.2 Å². The van der Waals surface area contributed by atoms with Crippen LogP contribution in [-0.2, 0) is 4.74 Å². The van der Waals surface area contributed by atoms with Crippen LogP contribution in [0.3, 0.4) is 0 Å². The third-order valence-electron chi connectivity index (χ3n) is 2.21. The van der Waals surface area contributed by atoms with Crippen LogP contribution < -0.4 is 0 Å². The number of rotatable bonds is 6. The van der Waals surface area contributed by atoms with Crippen molar-refractivity contribution in [2.45, 2.75) is 25.9 Å². The van der Waals surface area contributed by atoms with Crippen LogP contribution in [0.5, 0.6) is 0 Å². The molecule has 1 unspecified atom stereocenters. The molecule has 0 aliphatic rings. The Morgan fingerprint density at radius 1 is 1.25 bits per heavy atom. The highest BCUT2D eigenvalue weighted by Crippen LogP contribution is 2.26. The Morgan fingerprint density at radius 2 is 2.00 bits per heavy atom. The van der Waals surface area contributed by atoms with Crippen molar-refractivity contribution in [3.8, 4) is 0 Å². The van der Waals surface area contributed by atoms with E-state index in [-0.39, 0.29) is 0 Å². The SMILES string of the molecule is CCCOCCC(O)c1ccc(Cl)c(Cl)c1. The van der Waals surface area contributed by atoms with Gasteiger partial charge in [-0.1, -0.05) is 36.2 Å². The molecule has 1 aromatic rings.